The average molecular weight is 474 g/mol. The van der Waals surface area contributed by atoms with E-state index >= 15 is 0 Å². The lowest BCUT2D eigenvalue weighted by molar-refractivity contribution is -0.141. The number of amidine groups is 1. The van der Waals surface area contributed by atoms with Gasteiger partial charge in [-0.2, -0.15) is 0 Å². The summed E-state index contributed by atoms with van der Waals surface area (Å²) in [7, 11) is 0. The van der Waals surface area contributed by atoms with Gasteiger partial charge in [0.1, 0.15) is 11.6 Å². The van der Waals surface area contributed by atoms with E-state index in [1.807, 2.05) is 13.8 Å². The van der Waals surface area contributed by atoms with Gasteiger partial charge in [0.05, 0.1) is 26.4 Å². The Hall–Kier alpha value is -3.95. The van der Waals surface area contributed by atoms with Gasteiger partial charge < -0.3 is 35.1 Å². The number of carbonyl (C=O) groups excluding carboxylic acids is 1. The Bertz CT molecular complexity index is 993. The molecule has 0 heterocycles. The minimum atomic E-state index is -1.18. The molecular weight excluding hydrogens is 442 g/mol. The van der Waals surface area contributed by atoms with Crippen molar-refractivity contribution >= 4 is 23.5 Å². The zero-order chi connectivity index (χ0) is 25.1. The highest BCUT2D eigenvalue weighted by Crippen LogP contribution is 2.39. The fourth-order valence-electron chi connectivity index (χ4n) is 3.09. The topological polar surface area (TPSA) is 153 Å². The third-order valence-electron chi connectivity index (χ3n) is 4.59. The van der Waals surface area contributed by atoms with Crippen molar-refractivity contribution in [3.63, 3.8) is 0 Å². The first kappa shape index (κ1) is 26.3. The Morgan fingerprint density at radius 1 is 1.00 bits per heavy atom. The van der Waals surface area contributed by atoms with Crippen LogP contribution >= 0.6 is 0 Å². The molecule has 10 heteroatoms. The van der Waals surface area contributed by atoms with Gasteiger partial charge in [0.25, 0.3) is 0 Å². The molecule has 0 saturated heterocycles. The summed E-state index contributed by atoms with van der Waals surface area (Å²) in [5.74, 6) is -0.475. The van der Waals surface area contributed by atoms with Gasteiger partial charge in [0.2, 0.25) is 0 Å². The molecule has 0 radical (unpaired) electrons. The normalized spacial score (nSPS) is 11.3. The first-order valence-electron chi connectivity index (χ1n) is 10.9. The number of ether oxygens (including phenoxy) is 4. The number of aliphatic carboxylic acids is 1. The molecule has 1 atom stereocenters. The Labute approximate surface area is 198 Å². The van der Waals surface area contributed by atoms with Crippen LogP contribution in [0.4, 0.5) is 5.69 Å². The van der Waals surface area contributed by atoms with Gasteiger partial charge >= 0.3 is 11.9 Å². The number of carboxylic acid groups (broad SMARTS) is 1. The van der Waals surface area contributed by atoms with Crippen molar-refractivity contribution in [3.05, 3.63) is 47.5 Å². The number of nitrogens with one attached hydrogen (secondary N) is 2. The van der Waals surface area contributed by atoms with E-state index in [0.717, 1.165) is 0 Å². The number of hydrogen-bond acceptors (Lipinski definition) is 8. The number of nitrogen functional groups attached to an aromatic ring is 1. The van der Waals surface area contributed by atoms with Crippen molar-refractivity contribution in [2.24, 2.45) is 5.73 Å². The van der Waals surface area contributed by atoms with Crippen LogP contribution in [0, 0.1) is 5.41 Å². The highest BCUT2D eigenvalue weighted by atomic mass is 16.5. The van der Waals surface area contributed by atoms with Gasteiger partial charge in [-0.3, -0.25) is 10.2 Å². The number of nitrogens with two attached hydrogens (primary N) is 1. The molecule has 0 saturated carbocycles. The summed E-state index contributed by atoms with van der Waals surface area (Å²) in [5.41, 5.74) is 6.87. The van der Waals surface area contributed by atoms with Crippen LogP contribution in [0.1, 0.15) is 44.4 Å². The van der Waals surface area contributed by atoms with Crippen LogP contribution in [0.15, 0.2) is 36.4 Å². The molecule has 0 aliphatic carbocycles. The van der Waals surface area contributed by atoms with Gasteiger partial charge in [-0.25, -0.2) is 4.79 Å². The van der Waals surface area contributed by atoms with Crippen molar-refractivity contribution < 1.29 is 33.6 Å². The zero-order valence-electron chi connectivity index (χ0n) is 19.6. The molecule has 2 rings (SSSR count). The SMILES string of the molecule is CCOc1cc(OCCCOC(C)=O)c(C(Nc2ccc(C(=N)N)cc2)C(=O)O)cc1OCC. The van der Waals surface area contributed by atoms with Crippen molar-refractivity contribution in [1.82, 2.24) is 0 Å². The monoisotopic (exact) mass is 473 g/mol. The van der Waals surface area contributed by atoms with E-state index in [4.69, 9.17) is 30.1 Å². The van der Waals surface area contributed by atoms with Gasteiger partial charge in [-0.1, -0.05) is 0 Å². The van der Waals surface area contributed by atoms with Gasteiger partial charge in [-0.05, 0) is 44.2 Å². The first-order valence-corrected chi connectivity index (χ1v) is 10.9. The van der Waals surface area contributed by atoms with Gasteiger partial charge in [0, 0.05) is 36.2 Å². The van der Waals surface area contributed by atoms with Crippen LogP contribution in [0.5, 0.6) is 17.2 Å². The molecule has 1 unspecified atom stereocenters. The maximum absolute atomic E-state index is 12.3. The molecule has 0 aliphatic rings. The third-order valence-corrected chi connectivity index (χ3v) is 4.59. The second-order valence-electron chi connectivity index (χ2n) is 7.15. The zero-order valence-corrected chi connectivity index (χ0v) is 19.6. The lowest BCUT2D eigenvalue weighted by Crippen LogP contribution is -2.22. The van der Waals surface area contributed by atoms with E-state index in [-0.39, 0.29) is 25.0 Å². The van der Waals surface area contributed by atoms with E-state index in [0.29, 0.717) is 53.7 Å². The number of carbonyl (C=O) groups is 2. The molecule has 2 aromatic rings. The van der Waals surface area contributed by atoms with Gasteiger partial charge in [-0.15, -0.1) is 0 Å². The predicted molar refractivity (Wildman–Crippen MR) is 127 cm³/mol. The second-order valence-corrected chi connectivity index (χ2v) is 7.15. The molecule has 0 amide bonds. The summed E-state index contributed by atoms with van der Waals surface area (Å²) in [5, 5.41) is 20.5. The fraction of sp³-hybridized carbons (Fsp3) is 0.375. The molecule has 2 aromatic carbocycles. The van der Waals surface area contributed by atoms with Crippen molar-refractivity contribution in [2.45, 2.75) is 33.2 Å². The summed E-state index contributed by atoms with van der Waals surface area (Å²) >= 11 is 0. The smallest absolute Gasteiger partial charge is 0.330 e. The fourth-order valence-corrected chi connectivity index (χ4v) is 3.09. The van der Waals surface area contributed by atoms with E-state index in [1.54, 1.807) is 36.4 Å². The largest absolute Gasteiger partial charge is 0.493 e. The van der Waals surface area contributed by atoms with E-state index in [2.05, 4.69) is 5.32 Å². The van der Waals surface area contributed by atoms with Crippen molar-refractivity contribution in [3.8, 4) is 17.2 Å². The summed E-state index contributed by atoms with van der Waals surface area (Å²) < 4.78 is 22.1. The molecule has 0 aromatic heterocycles. The van der Waals surface area contributed by atoms with E-state index < -0.39 is 12.0 Å². The Kier molecular flexibility index (Phi) is 10.0. The minimum Gasteiger partial charge on any atom is -0.493 e. The number of esters is 1. The number of benzene rings is 2. The van der Waals surface area contributed by atoms with Crippen LogP contribution < -0.4 is 25.3 Å². The number of rotatable bonds is 14. The third kappa shape index (κ3) is 7.58. The average Bonchev–Trinajstić information content (AvgIpc) is 2.79. The summed E-state index contributed by atoms with van der Waals surface area (Å²) in [6, 6.07) is 8.55. The summed E-state index contributed by atoms with van der Waals surface area (Å²) in [4.78, 5) is 23.2. The minimum absolute atomic E-state index is 0.0846. The van der Waals surface area contributed by atoms with E-state index in [9.17, 15) is 14.7 Å². The molecular formula is C24H31N3O7. The maximum Gasteiger partial charge on any atom is 0.330 e. The molecule has 184 valence electrons. The van der Waals surface area contributed by atoms with Crippen LogP contribution in [0.2, 0.25) is 0 Å². The molecule has 0 fully saturated rings. The van der Waals surface area contributed by atoms with Crippen LogP contribution in [0.25, 0.3) is 0 Å². The standard InChI is InChI=1S/C24H31N3O7/c1-4-31-20-13-18(19(14-21(20)32-5-2)34-12-6-11-33-15(3)28)22(24(29)30)27-17-9-7-16(8-10-17)23(25)26/h7-10,13-14,22,27H,4-6,11-12H2,1-3H3,(H3,25,26)(H,29,30). The van der Waals surface area contributed by atoms with E-state index in [1.165, 1.54) is 6.92 Å². The highest BCUT2D eigenvalue weighted by Gasteiger charge is 2.26. The molecule has 10 nitrogen and oxygen atoms in total. The summed E-state index contributed by atoms with van der Waals surface area (Å²) in [6.45, 7) is 6.09. The molecule has 34 heavy (non-hydrogen) atoms. The number of hydrogen-bond donors (Lipinski definition) is 4. The number of anilines is 1. The van der Waals surface area contributed by atoms with Crippen LogP contribution in [-0.4, -0.2) is 49.3 Å². The quantitative estimate of drug-likeness (QED) is 0.140. The van der Waals surface area contributed by atoms with Crippen LogP contribution in [0.3, 0.4) is 0 Å². The lowest BCUT2D eigenvalue weighted by Gasteiger charge is -2.22. The first-order chi connectivity index (χ1) is 16.3. The predicted octanol–water partition coefficient (Wildman–Crippen LogP) is 3.34. The molecule has 0 aliphatic heterocycles. The molecule has 5 N–H and O–H groups in total. The molecule has 0 spiro atoms. The number of carboxylic acids is 1. The Balaban J connectivity index is 2.40. The van der Waals surface area contributed by atoms with Gasteiger partial charge in [0.15, 0.2) is 17.5 Å². The van der Waals surface area contributed by atoms with Crippen LogP contribution in [-0.2, 0) is 14.3 Å². The second kappa shape index (κ2) is 12.9. The highest BCUT2D eigenvalue weighted by molar-refractivity contribution is 5.95. The van der Waals surface area contributed by atoms with Crippen molar-refractivity contribution in [1.29, 1.82) is 5.41 Å². The maximum atomic E-state index is 12.3. The Morgan fingerprint density at radius 3 is 2.15 bits per heavy atom. The van der Waals surface area contributed by atoms with Crippen molar-refractivity contribution in [2.75, 3.05) is 31.7 Å². The Morgan fingerprint density at radius 2 is 1.62 bits per heavy atom. The summed E-state index contributed by atoms with van der Waals surface area (Å²) in [6.07, 6.45) is 0.424. The molecule has 0 bridgehead atoms. The lowest BCUT2D eigenvalue weighted by atomic mass is 10.0.